The van der Waals surface area contributed by atoms with E-state index < -0.39 is 5.97 Å². The summed E-state index contributed by atoms with van der Waals surface area (Å²) in [6.07, 6.45) is 1.99. The van der Waals surface area contributed by atoms with Crippen molar-refractivity contribution in [3.05, 3.63) is 17.3 Å². The van der Waals surface area contributed by atoms with Gasteiger partial charge in [-0.2, -0.15) is 0 Å². The number of oxazole rings is 1. The maximum absolute atomic E-state index is 11.9. The summed E-state index contributed by atoms with van der Waals surface area (Å²) in [6, 6.07) is 0. The lowest BCUT2D eigenvalue weighted by atomic mass is 10.0. The highest BCUT2D eigenvalue weighted by Gasteiger charge is 2.28. The van der Waals surface area contributed by atoms with Gasteiger partial charge in [0.2, 0.25) is 11.7 Å². The van der Waals surface area contributed by atoms with Crippen LogP contribution in [0.2, 0.25) is 0 Å². The second-order valence-electron chi connectivity index (χ2n) is 5.06. The molecule has 19 heavy (non-hydrogen) atoms. The van der Waals surface area contributed by atoms with Crippen LogP contribution in [0.3, 0.4) is 0 Å². The van der Waals surface area contributed by atoms with Gasteiger partial charge in [-0.1, -0.05) is 13.8 Å². The molecule has 0 bridgehead atoms. The summed E-state index contributed by atoms with van der Waals surface area (Å²) in [5.41, 5.74) is 0.680. The summed E-state index contributed by atoms with van der Waals surface area (Å²) >= 11 is 0. The Hall–Kier alpha value is -1.36. The predicted molar refractivity (Wildman–Crippen MR) is 69.3 cm³/mol. The Morgan fingerprint density at radius 2 is 2.32 bits per heavy atom. The standard InChI is InChI=1S/C14H21NO4/c1-4-18-14(16)12-11(9(2)3)15-13(19-12)10-6-5-7-17-8-10/h9-10H,4-8H2,1-3H3. The van der Waals surface area contributed by atoms with Crippen molar-refractivity contribution in [2.24, 2.45) is 0 Å². The molecule has 0 radical (unpaired) electrons. The molecular formula is C14H21NO4. The van der Waals surface area contributed by atoms with E-state index in [4.69, 9.17) is 13.9 Å². The van der Waals surface area contributed by atoms with Crippen LogP contribution in [-0.4, -0.2) is 30.8 Å². The molecule has 1 aliphatic rings. The van der Waals surface area contributed by atoms with Crippen LogP contribution in [0.15, 0.2) is 4.42 Å². The fraction of sp³-hybridized carbons (Fsp3) is 0.714. The minimum Gasteiger partial charge on any atom is -0.460 e. The van der Waals surface area contributed by atoms with Crippen molar-refractivity contribution in [3.63, 3.8) is 0 Å². The van der Waals surface area contributed by atoms with Crippen molar-refractivity contribution in [1.82, 2.24) is 4.98 Å². The monoisotopic (exact) mass is 267 g/mol. The number of nitrogens with zero attached hydrogens (tertiary/aromatic N) is 1. The Bertz CT molecular complexity index is 433. The fourth-order valence-electron chi connectivity index (χ4n) is 2.19. The molecule has 5 nitrogen and oxygen atoms in total. The second-order valence-corrected chi connectivity index (χ2v) is 5.06. The van der Waals surface area contributed by atoms with Crippen LogP contribution in [0, 0.1) is 0 Å². The van der Waals surface area contributed by atoms with Crippen LogP contribution in [0.4, 0.5) is 0 Å². The molecule has 2 rings (SSSR count). The maximum atomic E-state index is 11.9. The number of hydrogen-bond donors (Lipinski definition) is 0. The van der Waals surface area contributed by atoms with Crippen molar-refractivity contribution in [3.8, 4) is 0 Å². The zero-order chi connectivity index (χ0) is 13.8. The highest BCUT2D eigenvalue weighted by molar-refractivity contribution is 5.87. The van der Waals surface area contributed by atoms with Gasteiger partial charge < -0.3 is 13.9 Å². The zero-order valence-corrected chi connectivity index (χ0v) is 11.8. The Balaban J connectivity index is 2.26. The van der Waals surface area contributed by atoms with Crippen LogP contribution < -0.4 is 0 Å². The molecule has 106 valence electrons. The lowest BCUT2D eigenvalue weighted by Crippen LogP contribution is -2.15. The summed E-state index contributed by atoms with van der Waals surface area (Å²) in [5, 5.41) is 0. The van der Waals surface area contributed by atoms with Crippen molar-refractivity contribution >= 4 is 5.97 Å². The van der Waals surface area contributed by atoms with E-state index in [1.54, 1.807) is 6.92 Å². The number of rotatable bonds is 4. The number of aromatic nitrogens is 1. The first-order valence-corrected chi connectivity index (χ1v) is 6.89. The molecule has 1 aromatic heterocycles. The third-order valence-electron chi connectivity index (χ3n) is 3.19. The predicted octanol–water partition coefficient (Wildman–Crippen LogP) is 2.87. The van der Waals surface area contributed by atoms with Crippen LogP contribution in [0.5, 0.6) is 0 Å². The lowest BCUT2D eigenvalue weighted by Gasteiger charge is -2.18. The Kier molecular flexibility index (Phi) is 4.58. The molecule has 1 fully saturated rings. The normalized spacial score (nSPS) is 19.7. The van der Waals surface area contributed by atoms with Crippen molar-refractivity contribution in [2.45, 2.75) is 45.4 Å². The van der Waals surface area contributed by atoms with Gasteiger partial charge in [-0.3, -0.25) is 0 Å². The van der Waals surface area contributed by atoms with Gasteiger partial charge in [0.15, 0.2) is 0 Å². The number of carbonyl (C=O) groups excluding carboxylic acids is 1. The van der Waals surface area contributed by atoms with Crippen LogP contribution in [-0.2, 0) is 9.47 Å². The molecular weight excluding hydrogens is 246 g/mol. The van der Waals surface area contributed by atoms with Crippen LogP contribution in [0.1, 0.15) is 67.6 Å². The van der Waals surface area contributed by atoms with Gasteiger partial charge >= 0.3 is 5.97 Å². The SMILES string of the molecule is CCOC(=O)c1oc(C2CCCOC2)nc1C(C)C. The van der Waals surface area contributed by atoms with E-state index in [0.29, 0.717) is 24.8 Å². The van der Waals surface area contributed by atoms with Crippen molar-refractivity contribution in [1.29, 1.82) is 0 Å². The number of esters is 1. The van der Waals surface area contributed by atoms with Gasteiger partial charge in [0.25, 0.3) is 0 Å². The quantitative estimate of drug-likeness (QED) is 0.785. The molecule has 1 atom stereocenters. The molecule has 1 aliphatic heterocycles. The fourth-order valence-corrected chi connectivity index (χ4v) is 2.19. The average Bonchev–Trinajstić information content (AvgIpc) is 2.85. The molecule has 1 unspecified atom stereocenters. The van der Waals surface area contributed by atoms with Gasteiger partial charge in [0.1, 0.15) is 0 Å². The third kappa shape index (κ3) is 3.15. The van der Waals surface area contributed by atoms with E-state index in [0.717, 1.165) is 19.4 Å². The minimum atomic E-state index is -0.429. The summed E-state index contributed by atoms with van der Waals surface area (Å²) < 4.78 is 16.1. The molecule has 1 aromatic rings. The van der Waals surface area contributed by atoms with E-state index in [1.807, 2.05) is 13.8 Å². The first kappa shape index (κ1) is 14.1. The smallest absolute Gasteiger partial charge is 0.376 e. The average molecular weight is 267 g/mol. The van der Waals surface area contributed by atoms with Crippen molar-refractivity contribution < 1.29 is 18.7 Å². The van der Waals surface area contributed by atoms with E-state index in [2.05, 4.69) is 4.98 Å². The lowest BCUT2D eigenvalue weighted by molar-refractivity contribution is 0.0473. The molecule has 0 spiro atoms. The zero-order valence-electron chi connectivity index (χ0n) is 11.8. The Labute approximate surface area is 113 Å². The summed E-state index contributed by atoms with van der Waals surface area (Å²) in [6.45, 7) is 7.49. The molecule has 0 N–H and O–H groups in total. The molecule has 5 heteroatoms. The topological polar surface area (TPSA) is 61.6 Å². The van der Waals surface area contributed by atoms with Gasteiger partial charge in [-0.15, -0.1) is 0 Å². The van der Waals surface area contributed by atoms with E-state index in [-0.39, 0.29) is 17.6 Å². The molecule has 0 saturated carbocycles. The first-order chi connectivity index (χ1) is 9.13. The molecule has 0 amide bonds. The summed E-state index contributed by atoms with van der Waals surface area (Å²) in [7, 11) is 0. The van der Waals surface area contributed by atoms with E-state index in [9.17, 15) is 4.79 Å². The highest BCUT2D eigenvalue weighted by atomic mass is 16.5. The highest BCUT2D eigenvalue weighted by Crippen LogP contribution is 2.29. The number of hydrogen-bond acceptors (Lipinski definition) is 5. The first-order valence-electron chi connectivity index (χ1n) is 6.89. The third-order valence-corrected chi connectivity index (χ3v) is 3.19. The van der Waals surface area contributed by atoms with Crippen molar-refractivity contribution in [2.75, 3.05) is 19.8 Å². The maximum Gasteiger partial charge on any atom is 0.376 e. The number of carbonyl (C=O) groups is 1. The summed E-state index contributed by atoms with van der Waals surface area (Å²) in [4.78, 5) is 16.4. The van der Waals surface area contributed by atoms with E-state index in [1.165, 1.54) is 0 Å². The second kappa shape index (κ2) is 6.19. The minimum absolute atomic E-state index is 0.126. The van der Waals surface area contributed by atoms with Crippen LogP contribution in [0.25, 0.3) is 0 Å². The molecule has 1 saturated heterocycles. The van der Waals surface area contributed by atoms with Gasteiger partial charge in [0, 0.05) is 6.61 Å². The van der Waals surface area contributed by atoms with Gasteiger partial charge in [-0.05, 0) is 25.7 Å². The molecule has 2 heterocycles. The van der Waals surface area contributed by atoms with Gasteiger partial charge in [0.05, 0.1) is 24.8 Å². The Morgan fingerprint density at radius 3 is 2.89 bits per heavy atom. The summed E-state index contributed by atoms with van der Waals surface area (Å²) in [5.74, 6) is 0.696. The molecule has 0 aromatic carbocycles. The largest absolute Gasteiger partial charge is 0.460 e. The number of ether oxygens (including phenoxy) is 2. The Morgan fingerprint density at radius 1 is 1.53 bits per heavy atom. The molecule has 0 aliphatic carbocycles. The van der Waals surface area contributed by atoms with E-state index >= 15 is 0 Å². The van der Waals surface area contributed by atoms with Crippen LogP contribution >= 0.6 is 0 Å². The van der Waals surface area contributed by atoms with Gasteiger partial charge in [-0.25, -0.2) is 9.78 Å².